The smallest absolute Gasteiger partial charge is 0.269 e. The van der Waals surface area contributed by atoms with Gasteiger partial charge in [-0.05, 0) is 24.3 Å². The molecule has 3 rings (SSSR count). The number of hydrogen-bond acceptors (Lipinski definition) is 5. The fraction of sp³-hybridized carbons (Fsp3) is 0.375. The van der Waals surface area contributed by atoms with Crippen molar-refractivity contribution in [3.8, 4) is 5.75 Å². The Hall–Kier alpha value is -1.60. The number of β-amino-alcohol motifs (C(OH)–C–C–N with tert-alkyl or cyclic N) is 1. The van der Waals surface area contributed by atoms with Crippen LogP contribution in [-0.2, 0) is 0 Å². The van der Waals surface area contributed by atoms with Crippen LogP contribution in [0.3, 0.4) is 0 Å². The quantitative estimate of drug-likeness (QED) is 0.754. The Bertz CT molecular complexity index is 699. The van der Waals surface area contributed by atoms with Crippen LogP contribution in [0.1, 0.15) is 10.5 Å². The molecule has 8 heteroatoms. The fourth-order valence-corrected chi connectivity index (χ4v) is 2.60. The first-order chi connectivity index (χ1) is 10.7. The Morgan fingerprint density at radius 3 is 2.79 bits per heavy atom. The van der Waals surface area contributed by atoms with Crippen LogP contribution in [0.4, 0.5) is 0 Å². The Labute approximate surface area is 152 Å². The van der Waals surface area contributed by atoms with Gasteiger partial charge in [0.15, 0.2) is 0 Å². The van der Waals surface area contributed by atoms with E-state index in [1.54, 1.807) is 13.2 Å². The van der Waals surface area contributed by atoms with Gasteiger partial charge in [0.05, 0.1) is 18.7 Å². The van der Waals surface area contributed by atoms with Crippen molar-refractivity contribution in [1.82, 2.24) is 15.6 Å². The van der Waals surface area contributed by atoms with Crippen molar-refractivity contribution in [2.45, 2.75) is 6.10 Å². The molecule has 0 bridgehead atoms. The Morgan fingerprint density at radius 2 is 2.12 bits per heavy atom. The number of nitrogens with zero attached hydrogens (tertiary/aromatic N) is 1. The van der Waals surface area contributed by atoms with Crippen LogP contribution in [-0.4, -0.2) is 48.8 Å². The maximum absolute atomic E-state index is 12.2. The van der Waals surface area contributed by atoms with E-state index in [1.807, 2.05) is 24.3 Å². The average molecular weight is 374 g/mol. The van der Waals surface area contributed by atoms with Crippen molar-refractivity contribution in [3.63, 3.8) is 0 Å². The highest BCUT2D eigenvalue weighted by molar-refractivity contribution is 5.95. The topological polar surface area (TPSA) is 83.5 Å². The second-order valence-corrected chi connectivity index (χ2v) is 5.45. The van der Waals surface area contributed by atoms with Gasteiger partial charge in [-0.15, -0.1) is 24.8 Å². The van der Waals surface area contributed by atoms with Crippen molar-refractivity contribution in [3.05, 3.63) is 36.0 Å². The summed E-state index contributed by atoms with van der Waals surface area (Å²) in [5.74, 6) is 0.583. The molecule has 24 heavy (non-hydrogen) atoms. The number of aliphatic hydroxyl groups excluding tert-OH is 1. The molecule has 2 aromatic rings. The summed E-state index contributed by atoms with van der Waals surface area (Å²) in [6.45, 7) is 1.73. The maximum atomic E-state index is 12.2. The lowest BCUT2D eigenvalue weighted by Crippen LogP contribution is -2.34. The zero-order chi connectivity index (χ0) is 15.5. The third-order valence-electron chi connectivity index (χ3n) is 3.96. The summed E-state index contributed by atoms with van der Waals surface area (Å²) in [6.07, 6.45) is -0.405. The van der Waals surface area contributed by atoms with Crippen LogP contribution in [0.5, 0.6) is 5.75 Å². The molecule has 1 amide bonds. The van der Waals surface area contributed by atoms with Crippen LogP contribution in [0.2, 0.25) is 0 Å². The van der Waals surface area contributed by atoms with Gasteiger partial charge in [0, 0.05) is 30.9 Å². The van der Waals surface area contributed by atoms with Crippen molar-refractivity contribution in [2.75, 3.05) is 26.7 Å². The normalized spacial score (nSPS) is 19.2. The van der Waals surface area contributed by atoms with Gasteiger partial charge in [0.25, 0.3) is 5.91 Å². The molecule has 1 saturated heterocycles. The van der Waals surface area contributed by atoms with E-state index in [0.29, 0.717) is 25.3 Å². The van der Waals surface area contributed by atoms with Gasteiger partial charge >= 0.3 is 0 Å². The molecule has 1 aromatic carbocycles. The van der Waals surface area contributed by atoms with Gasteiger partial charge in [-0.1, -0.05) is 6.07 Å². The molecule has 0 aliphatic carbocycles. The first-order valence-electron chi connectivity index (χ1n) is 7.29. The highest BCUT2D eigenvalue weighted by Gasteiger charge is 2.25. The van der Waals surface area contributed by atoms with Crippen LogP contribution in [0, 0.1) is 5.92 Å². The fourth-order valence-electron chi connectivity index (χ4n) is 2.60. The van der Waals surface area contributed by atoms with Crippen molar-refractivity contribution in [2.24, 2.45) is 5.92 Å². The number of carbonyl (C=O) groups excluding carboxylic acids is 1. The van der Waals surface area contributed by atoms with E-state index in [1.165, 1.54) is 0 Å². The molecule has 0 radical (unpaired) electrons. The number of methoxy groups -OCH3 is 1. The van der Waals surface area contributed by atoms with E-state index in [-0.39, 0.29) is 36.6 Å². The molecule has 2 heterocycles. The van der Waals surface area contributed by atoms with Crippen LogP contribution >= 0.6 is 24.8 Å². The summed E-state index contributed by atoms with van der Waals surface area (Å²) in [6, 6.07) is 9.07. The van der Waals surface area contributed by atoms with Gasteiger partial charge in [0.1, 0.15) is 11.4 Å². The molecule has 132 valence electrons. The van der Waals surface area contributed by atoms with E-state index in [2.05, 4.69) is 15.6 Å². The van der Waals surface area contributed by atoms with Gasteiger partial charge in [0.2, 0.25) is 0 Å². The number of nitrogens with one attached hydrogen (secondary N) is 2. The van der Waals surface area contributed by atoms with Gasteiger partial charge in [-0.2, -0.15) is 0 Å². The number of aliphatic hydroxyl groups is 1. The molecule has 1 fully saturated rings. The number of halogens is 2. The number of rotatable bonds is 4. The van der Waals surface area contributed by atoms with Crippen LogP contribution in [0.25, 0.3) is 10.9 Å². The first-order valence-corrected chi connectivity index (χ1v) is 7.29. The molecule has 6 nitrogen and oxygen atoms in total. The molecule has 1 aliphatic rings. The second-order valence-electron chi connectivity index (χ2n) is 5.45. The minimum absolute atomic E-state index is 0. The van der Waals surface area contributed by atoms with Gasteiger partial charge < -0.3 is 20.5 Å². The largest absolute Gasteiger partial charge is 0.497 e. The zero-order valence-corrected chi connectivity index (χ0v) is 14.8. The molecule has 0 saturated carbocycles. The number of amides is 1. The molecule has 1 aromatic heterocycles. The van der Waals surface area contributed by atoms with Crippen molar-refractivity contribution < 1.29 is 14.6 Å². The molecule has 1 aliphatic heterocycles. The number of pyridine rings is 1. The molecular weight excluding hydrogens is 353 g/mol. The van der Waals surface area contributed by atoms with Gasteiger partial charge in [-0.25, -0.2) is 4.98 Å². The van der Waals surface area contributed by atoms with E-state index < -0.39 is 6.10 Å². The predicted octanol–water partition coefficient (Wildman–Crippen LogP) is 1.40. The standard InChI is InChI=1S/C16H19N3O3.2ClH/c1-22-12-3-5-13-10(6-12)2-4-14(19-13)16(21)18-8-11-7-17-9-15(11)20;;/h2-6,11,15,17,20H,7-9H2,1H3,(H,18,21);2*1H. The number of fused-ring (bicyclic) bond motifs is 1. The minimum Gasteiger partial charge on any atom is -0.497 e. The average Bonchev–Trinajstić information content (AvgIpc) is 2.96. The summed E-state index contributed by atoms with van der Waals surface area (Å²) >= 11 is 0. The summed E-state index contributed by atoms with van der Waals surface area (Å²) in [5, 5.41) is 16.6. The molecule has 3 N–H and O–H groups in total. The van der Waals surface area contributed by atoms with Crippen molar-refractivity contribution in [1.29, 1.82) is 0 Å². The predicted molar refractivity (Wildman–Crippen MR) is 97.5 cm³/mol. The number of hydrogen-bond donors (Lipinski definition) is 3. The summed E-state index contributed by atoms with van der Waals surface area (Å²) in [7, 11) is 1.61. The third-order valence-corrected chi connectivity index (χ3v) is 3.96. The summed E-state index contributed by atoms with van der Waals surface area (Å²) < 4.78 is 5.17. The van der Waals surface area contributed by atoms with Crippen molar-refractivity contribution >= 4 is 41.6 Å². The highest BCUT2D eigenvalue weighted by atomic mass is 35.5. The van der Waals surface area contributed by atoms with E-state index in [4.69, 9.17) is 4.74 Å². The lowest BCUT2D eigenvalue weighted by Gasteiger charge is -2.14. The maximum Gasteiger partial charge on any atom is 0.269 e. The zero-order valence-electron chi connectivity index (χ0n) is 13.2. The number of carbonyl (C=O) groups is 1. The second kappa shape index (κ2) is 9.03. The molecule has 0 spiro atoms. The summed E-state index contributed by atoms with van der Waals surface area (Å²) in [4.78, 5) is 16.5. The SMILES string of the molecule is COc1ccc2nc(C(=O)NCC3CNCC3O)ccc2c1.Cl.Cl. The Kier molecular flexibility index (Phi) is 7.69. The molecule has 2 unspecified atom stereocenters. The van der Waals surface area contributed by atoms with Gasteiger partial charge in [-0.3, -0.25) is 4.79 Å². The minimum atomic E-state index is -0.405. The highest BCUT2D eigenvalue weighted by Crippen LogP contribution is 2.19. The molecular formula is C16H21Cl2N3O3. The molecule has 2 atom stereocenters. The van der Waals surface area contributed by atoms with Crippen LogP contribution in [0.15, 0.2) is 30.3 Å². The number of benzene rings is 1. The van der Waals surface area contributed by atoms with Crippen LogP contribution < -0.4 is 15.4 Å². The summed E-state index contributed by atoms with van der Waals surface area (Å²) in [5.41, 5.74) is 1.12. The lowest BCUT2D eigenvalue weighted by atomic mass is 10.1. The van der Waals surface area contributed by atoms with E-state index in [0.717, 1.165) is 16.7 Å². The Morgan fingerprint density at radius 1 is 1.33 bits per heavy atom. The van der Waals surface area contributed by atoms with E-state index in [9.17, 15) is 9.90 Å². The number of aromatic nitrogens is 1. The number of ether oxygens (including phenoxy) is 1. The monoisotopic (exact) mass is 373 g/mol. The first kappa shape index (κ1) is 20.4. The lowest BCUT2D eigenvalue weighted by molar-refractivity contribution is 0.0922. The third kappa shape index (κ3) is 4.48. The Balaban J connectivity index is 0.00000144. The van der Waals surface area contributed by atoms with E-state index >= 15 is 0 Å².